The number of benzene rings is 1. The van der Waals surface area contributed by atoms with Crippen LogP contribution in [0.5, 0.6) is 0 Å². The Morgan fingerprint density at radius 1 is 1.19 bits per heavy atom. The monoisotopic (exact) mass is 217 g/mol. The maximum atomic E-state index is 3.71. The second-order valence-corrected chi connectivity index (χ2v) is 5.51. The van der Waals surface area contributed by atoms with Crippen LogP contribution in [0.2, 0.25) is 0 Å². The zero-order valence-corrected chi connectivity index (χ0v) is 10.9. The molecular formula is C15H23N. The van der Waals surface area contributed by atoms with Crippen LogP contribution in [-0.2, 0) is 0 Å². The number of aryl methyl sites for hydroxylation is 2. The van der Waals surface area contributed by atoms with Crippen molar-refractivity contribution in [1.82, 2.24) is 5.32 Å². The molecule has 1 atom stereocenters. The Labute approximate surface area is 99.3 Å². The Hall–Kier alpha value is -0.820. The van der Waals surface area contributed by atoms with E-state index in [1.54, 1.807) is 0 Å². The summed E-state index contributed by atoms with van der Waals surface area (Å²) in [6, 6.07) is 8.02. The van der Waals surface area contributed by atoms with Gasteiger partial charge in [-0.1, -0.05) is 25.1 Å². The van der Waals surface area contributed by atoms with Crippen molar-refractivity contribution in [1.29, 1.82) is 0 Å². The average molecular weight is 217 g/mol. The second kappa shape index (κ2) is 4.58. The number of hydrogen-bond acceptors (Lipinski definition) is 1. The Bertz CT molecular complexity index is 364. The largest absolute Gasteiger partial charge is 0.307 e. The van der Waals surface area contributed by atoms with Gasteiger partial charge in [0.2, 0.25) is 0 Å². The average Bonchev–Trinajstić information content (AvgIpc) is 2.19. The van der Waals surface area contributed by atoms with Crippen molar-refractivity contribution in [2.45, 2.75) is 52.6 Å². The van der Waals surface area contributed by atoms with Gasteiger partial charge in [0.05, 0.1) is 0 Å². The summed E-state index contributed by atoms with van der Waals surface area (Å²) in [7, 11) is 0. The molecular weight excluding hydrogens is 194 g/mol. The predicted octanol–water partition coefficient (Wildman–Crippen LogP) is 3.75. The number of rotatable bonds is 3. The zero-order valence-electron chi connectivity index (χ0n) is 10.9. The van der Waals surface area contributed by atoms with E-state index < -0.39 is 0 Å². The first-order chi connectivity index (χ1) is 7.56. The highest BCUT2D eigenvalue weighted by Gasteiger charge is 2.26. The van der Waals surface area contributed by atoms with Gasteiger partial charge in [0.15, 0.2) is 0 Å². The lowest BCUT2D eigenvalue weighted by Crippen LogP contribution is -2.41. The van der Waals surface area contributed by atoms with Crippen molar-refractivity contribution in [2.24, 2.45) is 5.92 Å². The number of nitrogens with one attached hydrogen (secondary N) is 1. The van der Waals surface area contributed by atoms with Gasteiger partial charge in [-0.15, -0.1) is 0 Å². The van der Waals surface area contributed by atoms with Crippen LogP contribution >= 0.6 is 0 Å². The zero-order chi connectivity index (χ0) is 11.7. The van der Waals surface area contributed by atoms with Gasteiger partial charge in [-0.2, -0.15) is 0 Å². The smallest absolute Gasteiger partial charge is 0.0294 e. The van der Waals surface area contributed by atoms with Crippen LogP contribution in [-0.4, -0.2) is 6.04 Å². The van der Waals surface area contributed by atoms with E-state index in [2.05, 4.69) is 51.2 Å². The summed E-state index contributed by atoms with van der Waals surface area (Å²) >= 11 is 0. The summed E-state index contributed by atoms with van der Waals surface area (Å²) in [5, 5.41) is 3.71. The third-order valence-corrected chi connectivity index (χ3v) is 3.89. The first-order valence-corrected chi connectivity index (χ1v) is 6.39. The summed E-state index contributed by atoms with van der Waals surface area (Å²) in [5.74, 6) is 0.921. The van der Waals surface area contributed by atoms with Gasteiger partial charge in [0.1, 0.15) is 0 Å². The molecule has 1 saturated carbocycles. The minimum absolute atomic E-state index is 0.483. The Morgan fingerprint density at radius 2 is 1.88 bits per heavy atom. The van der Waals surface area contributed by atoms with Crippen LogP contribution in [0.15, 0.2) is 18.2 Å². The number of hydrogen-bond donors (Lipinski definition) is 1. The minimum Gasteiger partial charge on any atom is -0.307 e. The van der Waals surface area contributed by atoms with Gasteiger partial charge in [-0.3, -0.25) is 0 Å². The second-order valence-electron chi connectivity index (χ2n) is 5.51. The lowest BCUT2D eigenvalue weighted by atomic mass is 9.81. The van der Waals surface area contributed by atoms with Crippen LogP contribution in [0.4, 0.5) is 0 Å². The van der Waals surface area contributed by atoms with Gasteiger partial charge in [0, 0.05) is 12.1 Å². The molecule has 0 heterocycles. The summed E-state index contributed by atoms with van der Waals surface area (Å²) in [4.78, 5) is 0. The van der Waals surface area contributed by atoms with Crippen molar-refractivity contribution in [2.75, 3.05) is 0 Å². The third-order valence-electron chi connectivity index (χ3n) is 3.89. The normalized spacial score (nSPS) is 26.2. The lowest BCUT2D eigenvalue weighted by molar-refractivity contribution is 0.226. The molecule has 0 saturated heterocycles. The quantitative estimate of drug-likeness (QED) is 0.813. The third kappa shape index (κ3) is 2.46. The summed E-state index contributed by atoms with van der Waals surface area (Å²) in [6.07, 6.45) is 2.68. The molecule has 16 heavy (non-hydrogen) atoms. The molecule has 0 aliphatic heterocycles. The van der Waals surface area contributed by atoms with Gasteiger partial charge in [-0.25, -0.2) is 0 Å². The van der Waals surface area contributed by atoms with E-state index in [1.807, 2.05) is 0 Å². The van der Waals surface area contributed by atoms with E-state index in [0.717, 1.165) is 12.0 Å². The summed E-state index contributed by atoms with van der Waals surface area (Å²) in [5.41, 5.74) is 4.20. The van der Waals surface area contributed by atoms with Crippen molar-refractivity contribution in [3.05, 3.63) is 34.9 Å². The van der Waals surface area contributed by atoms with E-state index in [4.69, 9.17) is 0 Å². The maximum Gasteiger partial charge on any atom is 0.0294 e. The molecule has 88 valence electrons. The molecule has 2 rings (SSSR count). The van der Waals surface area contributed by atoms with Crippen LogP contribution in [0.25, 0.3) is 0 Å². The van der Waals surface area contributed by atoms with Crippen molar-refractivity contribution >= 4 is 0 Å². The van der Waals surface area contributed by atoms with Crippen molar-refractivity contribution < 1.29 is 0 Å². The highest BCUT2D eigenvalue weighted by Crippen LogP contribution is 2.29. The Morgan fingerprint density at radius 3 is 2.44 bits per heavy atom. The van der Waals surface area contributed by atoms with E-state index in [9.17, 15) is 0 Å². The standard InChI is InChI=1S/C15H23N/c1-10-7-15(8-10)16-13(4)14-6-5-11(2)12(3)9-14/h5-6,9-10,13,15-16H,7-8H2,1-4H3. The highest BCUT2D eigenvalue weighted by molar-refractivity contribution is 5.31. The van der Waals surface area contributed by atoms with Gasteiger partial charge >= 0.3 is 0 Å². The van der Waals surface area contributed by atoms with Crippen LogP contribution in [0, 0.1) is 19.8 Å². The van der Waals surface area contributed by atoms with E-state index >= 15 is 0 Å². The fourth-order valence-electron chi connectivity index (χ4n) is 2.52. The fraction of sp³-hybridized carbons (Fsp3) is 0.600. The molecule has 1 aromatic carbocycles. The molecule has 0 radical (unpaired) electrons. The molecule has 1 fully saturated rings. The van der Waals surface area contributed by atoms with Gasteiger partial charge < -0.3 is 5.32 Å². The topological polar surface area (TPSA) is 12.0 Å². The molecule has 0 spiro atoms. The summed E-state index contributed by atoms with van der Waals surface area (Å²) < 4.78 is 0. The molecule has 1 heteroatoms. The van der Waals surface area contributed by atoms with Crippen LogP contribution in [0.3, 0.4) is 0 Å². The Balaban J connectivity index is 1.97. The first-order valence-electron chi connectivity index (χ1n) is 6.39. The Kier molecular flexibility index (Phi) is 3.34. The molecule has 0 aromatic heterocycles. The summed E-state index contributed by atoms with van der Waals surface area (Å²) in [6.45, 7) is 8.97. The fourth-order valence-corrected chi connectivity index (χ4v) is 2.52. The molecule has 1 unspecified atom stereocenters. The van der Waals surface area contributed by atoms with E-state index in [1.165, 1.54) is 29.5 Å². The lowest BCUT2D eigenvalue weighted by Gasteiger charge is -2.36. The van der Waals surface area contributed by atoms with Gasteiger partial charge in [0.25, 0.3) is 0 Å². The molecule has 1 nitrogen and oxygen atoms in total. The molecule has 1 aliphatic carbocycles. The van der Waals surface area contributed by atoms with Crippen LogP contribution in [0.1, 0.15) is 49.4 Å². The predicted molar refractivity (Wildman–Crippen MR) is 69.7 cm³/mol. The molecule has 0 bridgehead atoms. The molecule has 1 aromatic rings. The minimum atomic E-state index is 0.483. The van der Waals surface area contributed by atoms with Gasteiger partial charge in [-0.05, 0) is 56.2 Å². The molecule has 0 amide bonds. The van der Waals surface area contributed by atoms with E-state index in [0.29, 0.717) is 6.04 Å². The van der Waals surface area contributed by atoms with E-state index in [-0.39, 0.29) is 0 Å². The van der Waals surface area contributed by atoms with Crippen molar-refractivity contribution in [3.63, 3.8) is 0 Å². The van der Waals surface area contributed by atoms with Crippen LogP contribution < -0.4 is 5.32 Å². The maximum absolute atomic E-state index is 3.71. The first kappa shape index (κ1) is 11.7. The SMILES string of the molecule is Cc1ccc(C(C)NC2CC(C)C2)cc1C. The molecule has 1 N–H and O–H groups in total. The van der Waals surface area contributed by atoms with Crippen molar-refractivity contribution in [3.8, 4) is 0 Å². The highest BCUT2D eigenvalue weighted by atomic mass is 15.0. The molecule has 1 aliphatic rings.